The Hall–Kier alpha value is -1.19. The van der Waals surface area contributed by atoms with Gasteiger partial charge in [-0.15, -0.1) is 11.3 Å². The number of nitrogens with zero attached hydrogens (tertiary/aromatic N) is 1. The fraction of sp³-hybridized carbons (Fsp3) is 0.471. The standard InChI is InChI=1S/C17H24N2S/c1-13(2)18-10-16(9-17-11-20-12-19-17)8-15-6-4-5-14(3)7-15/h4-7,11-13,16,18H,8-10H2,1-3H3. The lowest BCUT2D eigenvalue weighted by atomic mass is 9.94. The molecule has 0 fully saturated rings. The smallest absolute Gasteiger partial charge is 0.0794 e. The summed E-state index contributed by atoms with van der Waals surface area (Å²) in [6.07, 6.45) is 2.16. The highest BCUT2D eigenvalue weighted by atomic mass is 32.1. The van der Waals surface area contributed by atoms with Crippen molar-refractivity contribution in [3.05, 3.63) is 52.0 Å². The lowest BCUT2D eigenvalue weighted by Gasteiger charge is -2.19. The van der Waals surface area contributed by atoms with E-state index >= 15 is 0 Å². The summed E-state index contributed by atoms with van der Waals surface area (Å²) in [5.41, 5.74) is 5.91. The van der Waals surface area contributed by atoms with Gasteiger partial charge in [0.05, 0.1) is 11.2 Å². The summed E-state index contributed by atoms with van der Waals surface area (Å²) in [4.78, 5) is 4.43. The third-order valence-electron chi connectivity index (χ3n) is 3.40. The average molecular weight is 288 g/mol. The lowest BCUT2D eigenvalue weighted by Crippen LogP contribution is -2.31. The molecule has 0 aliphatic heterocycles. The Morgan fingerprint density at radius 1 is 1.25 bits per heavy atom. The number of aromatic nitrogens is 1. The Labute approximate surface area is 126 Å². The molecule has 20 heavy (non-hydrogen) atoms. The molecule has 0 radical (unpaired) electrons. The maximum Gasteiger partial charge on any atom is 0.0794 e. The molecule has 0 aliphatic carbocycles. The van der Waals surface area contributed by atoms with Gasteiger partial charge in [0.2, 0.25) is 0 Å². The molecule has 0 saturated heterocycles. The van der Waals surface area contributed by atoms with E-state index < -0.39 is 0 Å². The molecule has 0 amide bonds. The van der Waals surface area contributed by atoms with E-state index in [9.17, 15) is 0 Å². The van der Waals surface area contributed by atoms with Crippen LogP contribution >= 0.6 is 11.3 Å². The lowest BCUT2D eigenvalue weighted by molar-refractivity contribution is 0.441. The fourth-order valence-electron chi connectivity index (χ4n) is 2.43. The number of benzene rings is 1. The summed E-state index contributed by atoms with van der Waals surface area (Å²) < 4.78 is 0. The van der Waals surface area contributed by atoms with Gasteiger partial charge in [-0.25, -0.2) is 4.98 Å². The highest BCUT2D eigenvalue weighted by Gasteiger charge is 2.12. The van der Waals surface area contributed by atoms with Gasteiger partial charge >= 0.3 is 0 Å². The molecule has 1 aromatic carbocycles. The van der Waals surface area contributed by atoms with Crippen molar-refractivity contribution in [2.75, 3.05) is 6.54 Å². The second-order valence-electron chi connectivity index (χ2n) is 5.81. The van der Waals surface area contributed by atoms with Gasteiger partial charge in [0.1, 0.15) is 0 Å². The molecule has 2 rings (SSSR count). The van der Waals surface area contributed by atoms with Crippen molar-refractivity contribution >= 4 is 11.3 Å². The minimum Gasteiger partial charge on any atom is -0.314 e. The summed E-state index contributed by atoms with van der Waals surface area (Å²) in [7, 11) is 0. The minimum absolute atomic E-state index is 0.533. The van der Waals surface area contributed by atoms with E-state index in [1.54, 1.807) is 11.3 Å². The average Bonchev–Trinajstić information content (AvgIpc) is 2.89. The second-order valence-corrected chi connectivity index (χ2v) is 6.52. The van der Waals surface area contributed by atoms with E-state index in [1.165, 1.54) is 16.8 Å². The summed E-state index contributed by atoms with van der Waals surface area (Å²) in [6, 6.07) is 9.37. The SMILES string of the molecule is Cc1cccc(CC(CNC(C)C)Cc2cscn2)c1. The minimum atomic E-state index is 0.533. The first-order valence-corrected chi connectivity index (χ1v) is 8.23. The van der Waals surface area contributed by atoms with Crippen LogP contribution in [0.15, 0.2) is 35.2 Å². The number of thiazole rings is 1. The van der Waals surface area contributed by atoms with E-state index in [-0.39, 0.29) is 0 Å². The Bertz CT molecular complexity index is 505. The van der Waals surface area contributed by atoms with Crippen LogP contribution in [0.25, 0.3) is 0 Å². The molecule has 0 aliphatic rings. The Balaban J connectivity index is 2.01. The quantitative estimate of drug-likeness (QED) is 0.837. The van der Waals surface area contributed by atoms with Crippen molar-refractivity contribution in [1.29, 1.82) is 0 Å². The van der Waals surface area contributed by atoms with Gasteiger partial charge in [-0.3, -0.25) is 0 Å². The molecule has 3 heteroatoms. The van der Waals surface area contributed by atoms with E-state index in [4.69, 9.17) is 0 Å². The molecule has 2 aromatic rings. The van der Waals surface area contributed by atoms with Crippen LogP contribution in [0, 0.1) is 12.8 Å². The molecule has 2 nitrogen and oxygen atoms in total. The molecule has 1 N–H and O–H groups in total. The summed E-state index contributed by atoms with van der Waals surface area (Å²) in [5, 5.41) is 5.73. The van der Waals surface area contributed by atoms with Gasteiger partial charge in [-0.05, 0) is 37.8 Å². The van der Waals surface area contributed by atoms with Crippen molar-refractivity contribution in [2.24, 2.45) is 5.92 Å². The molecule has 0 saturated carbocycles. The van der Waals surface area contributed by atoms with Gasteiger partial charge in [-0.1, -0.05) is 43.7 Å². The van der Waals surface area contributed by atoms with Crippen LogP contribution < -0.4 is 5.32 Å². The van der Waals surface area contributed by atoms with Crippen LogP contribution in [-0.4, -0.2) is 17.6 Å². The zero-order chi connectivity index (χ0) is 14.4. The number of hydrogen-bond acceptors (Lipinski definition) is 3. The van der Waals surface area contributed by atoms with E-state index in [0.717, 1.165) is 19.4 Å². The molecular formula is C17H24N2S. The molecule has 1 atom stereocenters. The summed E-state index contributed by atoms with van der Waals surface area (Å²) >= 11 is 1.68. The van der Waals surface area contributed by atoms with E-state index in [1.807, 2.05) is 5.51 Å². The zero-order valence-electron chi connectivity index (χ0n) is 12.6. The van der Waals surface area contributed by atoms with Gasteiger partial charge in [0, 0.05) is 11.4 Å². The molecular weight excluding hydrogens is 264 g/mol. The topological polar surface area (TPSA) is 24.9 Å². The molecule has 0 bridgehead atoms. The van der Waals surface area contributed by atoms with Gasteiger partial charge in [-0.2, -0.15) is 0 Å². The number of hydrogen-bond donors (Lipinski definition) is 1. The van der Waals surface area contributed by atoms with Crippen LogP contribution in [0.1, 0.15) is 30.7 Å². The van der Waals surface area contributed by atoms with Crippen LogP contribution in [0.2, 0.25) is 0 Å². The highest BCUT2D eigenvalue weighted by molar-refractivity contribution is 7.07. The van der Waals surface area contributed by atoms with Gasteiger partial charge < -0.3 is 5.32 Å². The van der Waals surface area contributed by atoms with Crippen molar-refractivity contribution < 1.29 is 0 Å². The molecule has 1 unspecified atom stereocenters. The van der Waals surface area contributed by atoms with Crippen LogP contribution in [0.4, 0.5) is 0 Å². The van der Waals surface area contributed by atoms with E-state index in [0.29, 0.717) is 12.0 Å². The van der Waals surface area contributed by atoms with Crippen molar-refractivity contribution in [1.82, 2.24) is 10.3 Å². The zero-order valence-corrected chi connectivity index (χ0v) is 13.4. The third kappa shape index (κ3) is 5.06. The first-order chi connectivity index (χ1) is 9.63. The van der Waals surface area contributed by atoms with Crippen molar-refractivity contribution in [3.63, 3.8) is 0 Å². The highest BCUT2D eigenvalue weighted by Crippen LogP contribution is 2.16. The third-order valence-corrected chi connectivity index (χ3v) is 4.04. The normalized spacial score (nSPS) is 12.8. The summed E-state index contributed by atoms with van der Waals surface area (Å²) in [6.45, 7) is 7.60. The van der Waals surface area contributed by atoms with Gasteiger partial charge in [0.25, 0.3) is 0 Å². The predicted octanol–water partition coefficient (Wildman–Crippen LogP) is 3.85. The fourth-order valence-corrected chi connectivity index (χ4v) is 3.00. The maximum absolute atomic E-state index is 4.43. The molecule has 0 spiro atoms. The largest absolute Gasteiger partial charge is 0.314 e. The molecule has 1 aromatic heterocycles. The molecule has 1 heterocycles. The number of aryl methyl sites for hydroxylation is 1. The number of nitrogens with one attached hydrogen (secondary N) is 1. The van der Waals surface area contributed by atoms with Crippen molar-refractivity contribution in [3.8, 4) is 0 Å². The monoisotopic (exact) mass is 288 g/mol. The number of rotatable bonds is 7. The van der Waals surface area contributed by atoms with Crippen LogP contribution in [0.5, 0.6) is 0 Å². The Morgan fingerprint density at radius 3 is 2.75 bits per heavy atom. The maximum atomic E-state index is 4.43. The van der Waals surface area contributed by atoms with Crippen LogP contribution in [-0.2, 0) is 12.8 Å². The van der Waals surface area contributed by atoms with Crippen molar-refractivity contribution in [2.45, 2.75) is 39.7 Å². The Morgan fingerprint density at radius 2 is 2.10 bits per heavy atom. The van der Waals surface area contributed by atoms with Crippen LogP contribution in [0.3, 0.4) is 0 Å². The summed E-state index contributed by atoms with van der Waals surface area (Å²) in [5.74, 6) is 0.598. The first kappa shape index (κ1) is 15.2. The first-order valence-electron chi connectivity index (χ1n) is 7.29. The second kappa shape index (κ2) is 7.55. The molecule has 108 valence electrons. The van der Waals surface area contributed by atoms with E-state index in [2.05, 4.69) is 60.7 Å². The van der Waals surface area contributed by atoms with Gasteiger partial charge in [0.15, 0.2) is 0 Å². The Kier molecular flexibility index (Phi) is 5.74. The predicted molar refractivity (Wildman–Crippen MR) is 87.3 cm³/mol.